The highest BCUT2D eigenvalue weighted by atomic mass is 16.5. The SMILES string of the molecule is COCCOc1cc2c(cc1OCCOC)CCC2. The lowest BCUT2D eigenvalue weighted by molar-refractivity contribution is 0.132. The van der Waals surface area contributed by atoms with Crippen molar-refractivity contribution >= 4 is 0 Å². The summed E-state index contributed by atoms with van der Waals surface area (Å²) in [7, 11) is 3.34. The molecule has 1 aromatic carbocycles. The fourth-order valence-corrected chi connectivity index (χ4v) is 2.27. The first kappa shape index (κ1) is 14.2. The van der Waals surface area contributed by atoms with Gasteiger partial charge in [-0.05, 0) is 42.5 Å². The second-order valence-corrected chi connectivity index (χ2v) is 4.60. The van der Waals surface area contributed by atoms with E-state index in [1.807, 2.05) is 0 Å². The maximum Gasteiger partial charge on any atom is 0.161 e. The molecule has 0 unspecified atom stereocenters. The van der Waals surface area contributed by atoms with Crippen LogP contribution in [-0.4, -0.2) is 40.6 Å². The highest BCUT2D eigenvalue weighted by molar-refractivity contribution is 5.49. The lowest BCUT2D eigenvalue weighted by Crippen LogP contribution is -2.09. The van der Waals surface area contributed by atoms with E-state index in [0.717, 1.165) is 24.3 Å². The molecule has 0 aliphatic heterocycles. The third-order valence-corrected chi connectivity index (χ3v) is 3.25. The fourth-order valence-electron chi connectivity index (χ4n) is 2.27. The summed E-state index contributed by atoms with van der Waals surface area (Å²) in [6.07, 6.45) is 3.48. The van der Waals surface area contributed by atoms with E-state index in [2.05, 4.69) is 12.1 Å². The van der Waals surface area contributed by atoms with E-state index >= 15 is 0 Å². The molecule has 0 heterocycles. The van der Waals surface area contributed by atoms with Crippen molar-refractivity contribution < 1.29 is 18.9 Å². The molecule has 0 saturated carbocycles. The highest BCUT2D eigenvalue weighted by Crippen LogP contribution is 2.35. The van der Waals surface area contributed by atoms with Gasteiger partial charge in [-0.25, -0.2) is 0 Å². The maximum atomic E-state index is 5.74. The Hall–Kier alpha value is -1.26. The van der Waals surface area contributed by atoms with Crippen LogP contribution >= 0.6 is 0 Å². The second-order valence-electron chi connectivity index (χ2n) is 4.60. The third kappa shape index (κ3) is 3.85. The molecule has 0 spiro atoms. The average Bonchev–Trinajstić information content (AvgIpc) is 2.86. The van der Waals surface area contributed by atoms with Crippen molar-refractivity contribution in [2.24, 2.45) is 0 Å². The molecule has 4 nitrogen and oxygen atoms in total. The number of ether oxygens (including phenoxy) is 4. The number of benzene rings is 1. The fraction of sp³-hybridized carbons (Fsp3) is 0.600. The summed E-state index contributed by atoms with van der Waals surface area (Å²) in [4.78, 5) is 0. The molecule has 1 aliphatic carbocycles. The van der Waals surface area contributed by atoms with Crippen molar-refractivity contribution in [1.82, 2.24) is 0 Å². The third-order valence-electron chi connectivity index (χ3n) is 3.25. The molecule has 0 radical (unpaired) electrons. The molecule has 106 valence electrons. The largest absolute Gasteiger partial charge is 0.487 e. The normalized spacial score (nSPS) is 13.4. The zero-order valence-electron chi connectivity index (χ0n) is 11.7. The number of hydrogen-bond acceptors (Lipinski definition) is 4. The Labute approximate surface area is 114 Å². The van der Waals surface area contributed by atoms with Crippen molar-refractivity contribution in [1.29, 1.82) is 0 Å². The van der Waals surface area contributed by atoms with Gasteiger partial charge in [-0.1, -0.05) is 0 Å². The lowest BCUT2D eigenvalue weighted by atomic mass is 10.1. The van der Waals surface area contributed by atoms with E-state index in [1.54, 1.807) is 14.2 Å². The molecule has 0 bridgehead atoms. The first-order valence-electron chi connectivity index (χ1n) is 6.74. The minimum Gasteiger partial charge on any atom is -0.487 e. The van der Waals surface area contributed by atoms with Crippen molar-refractivity contribution in [3.8, 4) is 11.5 Å². The van der Waals surface area contributed by atoms with E-state index < -0.39 is 0 Å². The van der Waals surface area contributed by atoms with Crippen LogP contribution in [0.1, 0.15) is 17.5 Å². The Bertz CT molecular complexity index is 366. The standard InChI is InChI=1S/C15H22O4/c1-16-6-8-18-14-10-12-4-3-5-13(12)11-15(14)19-9-7-17-2/h10-11H,3-9H2,1-2H3. The Balaban J connectivity index is 2.07. The van der Waals surface area contributed by atoms with Crippen LogP contribution in [0.5, 0.6) is 11.5 Å². The van der Waals surface area contributed by atoms with Crippen LogP contribution in [0.2, 0.25) is 0 Å². The smallest absolute Gasteiger partial charge is 0.161 e. The van der Waals surface area contributed by atoms with Gasteiger partial charge >= 0.3 is 0 Å². The lowest BCUT2D eigenvalue weighted by Gasteiger charge is -2.14. The molecule has 0 amide bonds. The van der Waals surface area contributed by atoms with Gasteiger partial charge in [0.1, 0.15) is 13.2 Å². The van der Waals surface area contributed by atoms with Crippen molar-refractivity contribution in [3.05, 3.63) is 23.3 Å². The molecule has 2 rings (SSSR count). The number of fused-ring (bicyclic) bond motifs is 1. The van der Waals surface area contributed by atoms with Gasteiger partial charge in [0.2, 0.25) is 0 Å². The molecule has 4 heteroatoms. The Morgan fingerprint density at radius 3 is 1.68 bits per heavy atom. The molecule has 1 aliphatic rings. The molecule has 0 saturated heterocycles. The molecule has 0 fully saturated rings. The van der Waals surface area contributed by atoms with Gasteiger partial charge in [-0.15, -0.1) is 0 Å². The highest BCUT2D eigenvalue weighted by Gasteiger charge is 2.16. The van der Waals surface area contributed by atoms with E-state index in [-0.39, 0.29) is 0 Å². The maximum absolute atomic E-state index is 5.74. The Morgan fingerprint density at radius 2 is 1.26 bits per heavy atom. The second kappa shape index (κ2) is 7.36. The predicted molar refractivity (Wildman–Crippen MR) is 73.2 cm³/mol. The zero-order valence-corrected chi connectivity index (χ0v) is 11.7. The quantitative estimate of drug-likeness (QED) is 0.676. The van der Waals surface area contributed by atoms with Gasteiger partial charge in [0.15, 0.2) is 11.5 Å². The average molecular weight is 266 g/mol. The van der Waals surface area contributed by atoms with Gasteiger partial charge < -0.3 is 18.9 Å². The number of methoxy groups -OCH3 is 2. The van der Waals surface area contributed by atoms with Crippen LogP contribution in [0, 0.1) is 0 Å². The number of hydrogen-bond donors (Lipinski definition) is 0. The molecule has 1 aromatic rings. The van der Waals surface area contributed by atoms with E-state index in [9.17, 15) is 0 Å². The molecule has 0 N–H and O–H groups in total. The Morgan fingerprint density at radius 1 is 0.789 bits per heavy atom. The molecular weight excluding hydrogens is 244 g/mol. The van der Waals surface area contributed by atoms with Gasteiger partial charge in [-0.3, -0.25) is 0 Å². The first-order valence-corrected chi connectivity index (χ1v) is 6.74. The summed E-state index contributed by atoms with van der Waals surface area (Å²) in [5, 5.41) is 0. The van der Waals surface area contributed by atoms with Crippen molar-refractivity contribution in [2.45, 2.75) is 19.3 Å². The van der Waals surface area contributed by atoms with E-state index in [0.29, 0.717) is 26.4 Å². The summed E-state index contributed by atoms with van der Waals surface area (Å²) in [5.41, 5.74) is 2.76. The van der Waals surface area contributed by atoms with Crippen molar-refractivity contribution in [2.75, 3.05) is 40.6 Å². The summed E-state index contributed by atoms with van der Waals surface area (Å²) < 4.78 is 21.5. The van der Waals surface area contributed by atoms with E-state index in [1.165, 1.54) is 17.5 Å². The van der Waals surface area contributed by atoms with Gasteiger partial charge in [0, 0.05) is 14.2 Å². The topological polar surface area (TPSA) is 36.9 Å². The van der Waals surface area contributed by atoms with Gasteiger partial charge in [-0.2, -0.15) is 0 Å². The van der Waals surface area contributed by atoms with Crippen LogP contribution in [-0.2, 0) is 22.3 Å². The minimum atomic E-state index is 0.538. The summed E-state index contributed by atoms with van der Waals surface area (Å²) in [5.74, 6) is 1.63. The zero-order chi connectivity index (χ0) is 13.5. The number of aryl methyl sites for hydroxylation is 2. The van der Waals surface area contributed by atoms with Crippen LogP contribution in [0.4, 0.5) is 0 Å². The first-order chi connectivity index (χ1) is 9.35. The van der Waals surface area contributed by atoms with Crippen LogP contribution in [0.15, 0.2) is 12.1 Å². The summed E-state index contributed by atoms with van der Waals surface area (Å²) >= 11 is 0. The monoisotopic (exact) mass is 266 g/mol. The predicted octanol–water partition coefficient (Wildman–Crippen LogP) is 2.23. The minimum absolute atomic E-state index is 0.538. The van der Waals surface area contributed by atoms with Gasteiger partial charge in [0.05, 0.1) is 13.2 Å². The van der Waals surface area contributed by atoms with Crippen LogP contribution < -0.4 is 9.47 Å². The summed E-state index contributed by atoms with van der Waals surface area (Å²) in [6.45, 7) is 2.23. The summed E-state index contributed by atoms with van der Waals surface area (Å²) in [6, 6.07) is 4.22. The van der Waals surface area contributed by atoms with Gasteiger partial charge in [0.25, 0.3) is 0 Å². The van der Waals surface area contributed by atoms with Crippen LogP contribution in [0.25, 0.3) is 0 Å². The Kier molecular flexibility index (Phi) is 5.48. The molecular formula is C15H22O4. The van der Waals surface area contributed by atoms with Crippen molar-refractivity contribution in [3.63, 3.8) is 0 Å². The molecule has 0 atom stereocenters. The van der Waals surface area contributed by atoms with Crippen LogP contribution in [0.3, 0.4) is 0 Å². The number of rotatable bonds is 8. The molecule has 0 aromatic heterocycles. The van der Waals surface area contributed by atoms with E-state index in [4.69, 9.17) is 18.9 Å². The molecule has 19 heavy (non-hydrogen) atoms.